The van der Waals surface area contributed by atoms with E-state index in [1.165, 1.54) is 0 Å². The largest absolute Gasteiger partial charge is 0.320 e. The number of hydrogen-bond acceptors (Lipinski definition) is 8. The Morgan fingerprint density at radius 1 is 1.10 bits per heavy atom. The standard InChI is InChI=1S/C10H27N7.C3H9N/c1-13-7-10(12)8-15-3-2-14-6-9(11)16-4-5-17-10;1-3-4-2/h9,13-17H,2-8,11-12H2,1H3;4H,3H2,1-2H3/t9-,10+;/m1./s1. The van der Waals surface area contributed by atoms with Gasteiger partial charge in [-0.15, -0.1) is 0 Å². The Labute approximate surface area is 129 Å². The van der Waals surface area contributed by atoms with Crippen LogP contribution < -0.4 is 43.4 Å². The van der Waals surface area contributed by atoms with Gasteiger partial charge in [-0.1, -0.05) is 6.92 Å². The molecule has 0 aromatic rings. The molecule has 1 aliphatic rings. The molecule has 0 saturated carbocycles. The fourth-order valence-corrected chi connectivity index (χ4v) is 1.89. The Morgan fingerprint density at radius 2 is 1.76 bits per heavy atom. The number of nitrogens with one attached hydrogen (secondary N) is 6. The van der Waals surface area contributed by atoms with Gasteiger partial charge in [-0.05, 0) is 20.6 Å². The van der Waals surface area contributed by atoms with Crippen LogP contribution in [0.15, 0.2) is 0 Å². The second-order valence-electron chi connectivity index (χ2n) is 5.26. The summed E-state index contributed by atoms with van der Waals surface area (Å²) in [6.07, 6.45) is -0.00676. The Kier molecular flexibility index (Phi) is 13.1. The highest BCUT2D eigenvalue weighted by Crippen LogP contribution is 1.91. The molecule has 0 aliphatic carbocycles. The van der Waals surface area contributed by atoms with Crippen molar-refractivity contribution >= 4 is 0 Å². The molecule has 0 unspecified atom stereocenters. The van der Waals surface area contributed by atoms with Gasteiger partial charge in [-0.3, -0.25) is 10.6 Å². The first-order valence-corrected chi connectivity index (χ1v) is 7.81. The maximum atomic E-state index is 6.27. The topological polar surface area (TPSA) is 124 Å². The van der Waals surface area contributed by atoms with Gasteiger partial charge in [0, 0.05) is 45.8 Å². The fourth-order valence-electron chi connectivity index (χ4n) is 1.89. The summed E-state index contributed by atoms with van der Waals surface area (Å²) in [7, 11) is 3.84. The number of hydrogen-bond donors (Lipinski definition) is 8. The predicted molar refractivity (Wildman–Crippen MR) is 90.2 cm³/mol. The van der Waals surface area contributed by atoms with E-state index < -0.39 is 5.66 Å². The summed E-state index contributed by atoms with van der Waals surface area (Å²) in [5, 5.41) is 19.3. The minimum atomic E-state index is -0.417. The van der Waals surface area contributed by atoms with E-state index in [-0.39, 0.29) is 6.17 Å². The predicted octanol–water partition coefficient (Wildman–Crippen LogP) is -3.26. The smallest absolute Gasteiger partial charge is 0.0918 e. The van der Waals surface area contributed by atoms with Gasteiger partial charge in [-0.25, -0.2) is 0 Å². The van der Waals surface area contributed by atoms with Crippen LogP contribution in [0.4, 0.5) is 0 Å². The summed E-state index contributed by atoms with van der Waals surface area (Å²) in [5.74, 6) is 0. The minimum absolute atomic E-state index is 0.00676. The van der Waals surface area contributed by atoms with Crippen LogP contribution in [0.1, 0.15) is 6.92 Å². The van der Waals surface area contributed by atoms with Crippen molar-refractivity contribution in [3.05, 3.63) is 0 Å². The highest BCUT2D eigenvalue weighted by Gasteiger charge is 2.22. The Morgan fingerprint density at radius 3 is 2.38 bits per heavy atom. The van der Waals surface area contributed by atoms with Gasteiger partial charge in [0.1, 0.15) is 0 Å². The monoisotopic (exact) mass is 304 g/mol. The van der Waals surface area contributed by atoms with Crippen molar-refractivity contribution in [1.82, 2.24) is 31.9 Å². The van der Waals surface area contributed by atoms with E-state index in [0.717, 1.165) is 52.4 Å². The van der Waals surface area contributed by atoms with Gasteiger partial charge < -0.3 is 32.7 Å². The van der Waals surface area contributed by atoms with Crippen LogP contribution in [0.3, 0.4) is 0 Å². The lowest BCUT2D eigenvalue weighted by atomic mass is 10.1. The Balaban J connectivity index is 0.000000885. The van der Waals surface area contributed by atoms with E-state index in [2.05, 4.69) is 38.8 Å². The van der Waals surface area contributed by atoms with E-state index >= 15 is 0 Å². The van der Waals surface area contributed by atoms with Crippen LogP contribution in [0.5, 0.6) is 0 Å². The molecule has 1 heterocycles. The fraction of sp³-hybridized carbons (Fsp3) is 1.00. The van der Waals surface area contributed by atoms with Crippen molar-refractivity contribution in [2.24, 2.45) is 11.5 Å². The molecule has 0 spiro atoms. The molecule has 8 nitrogen and oxygen atoms in total. The lowest BCUT2D eigenvalue weighted by Gasteiger charge is -2.32. The van der Waals surface area contributed by atoms with Crippen LogP contribution in [0, 0.1) is 0 Å². The molecular formula is C13H36N8. The Bertz CT molecular complexity index is 226. The van der Waals surface area contributed by atoms with E-state index in [1.54, 1.807) is 0 Å². The van der Waals surface area contributed by atoms with E-state index in [1.807, 2.05) is 14.1 Å². The molecule has 0 amide bonds. The summed E-state index contributed by atoms with van der Waals surface area (Å²) < 4.78 is 0. The van der Waals surface area contributed by atoms with Crippen molar-refractivity contribution in [2.75, 3.05) is 66.5 Å². The molecule has 0 bridgehead atoms. The molecule has 0 aromatic heterocycles. The minimum Gasteiger partial charge on any atom is -0.320 e. The van der Waals surface area contributed by atoms with E-state index in [4.69, 9.17) is 11.5 Å². The molecule has 8 heteroatoms. The molecule has 1 aliphatic heterocycles. The summed E-state index contributed by atoms with van der Waals surface area (Å²) >= 11 is 0. The van der Waals surface area contributed by atoms with Gasteiger partial charge in [0.05, 0.1) is 11.8 Å². The molecule has 21 heavy (non-hydrogen) atoms. The third-order valence-corrected chi connectivity index (χ3v) is 3.14. The van der Waals surface area contributed by atoms with Crippen molar-refractivity contribution < 1.29 is 0 Å². The zero-order valence-corrected chi connectivity index (χ0v) is 13.9. The molecule has 128 valence electrons. The van der Waals surface area contributed by atoms with E-state index in [0.29, 0.717) is 0 Å². The van der Waals surface area contributed by atoms with Gasteiger partial charge in [0.2, 0.25) is 0 Å². The highest BCUT2D eigenvalue weighted by molar-refractivity contribution is 4.86. The SMILES string of the molecule is CCNC.CNC[C@@]1(N)CNCCNC[C@H](N)NCCN1. The van der Waals surface area contributed by atoms with Gasteiger partial charge in [-0.2, -0.15) is 0 Å². The molecule has 0 aromatic carbocycles. The third kappa shape index (κ3) is 12.0. The van der Waals surface area contributed by atoms with Crippen molar-refractivity contribution in [3.8, 4) is 0 Å². The normalized spacial score (nSPS) is 28.7. The van der Waals surface area contributed by atoms with Gasteiger partial charge in [0.25, 0.3) is 0 Å². The van der Waals surface area contributed by atoms with E-state index in [9.17, 15) is 0 Å². The van der Waals surface area contributed by atoms with Crippen LogP contribution in [-0.4, -0.2) is 78.3 Å². The molecular weight excluding hydrogens is 268 g/mol. The summed E-state index contributed by atoms with van der Waals surface area (Å²) in [4.78, 5) is 0. The summed E-state index contributed by atoms with van der Waals surface area (Å²) in [5.41, 5.74) is 11.7. The van der Waals surface area contributed by atoms with Crippen LogP contribution in [-0.2, 0) is 0 Å². The number of rotatable bonds is 3. The number of likely N-dealkylation sites (N-methyl/N-ethyl adjacent to an activating group) is 1. The average molecular weight is 304 g/mol. The molecule has 10 N–H and O–H groups in total. The molecule has 0 radical (unpaired) electrons. The maximum absolute atomic E-state index is 6.27. The highest BCUT2D eigenvalue weighted by atomic mass is 15.2. The van der Waals surface area contributed by atoms with Crippen molar-refractivity contribution in [3.63, 3.8) is 0 Å². The van der Waals surface area contributed by atoms with Gasteiger partial charge >= 0.3 is 0 Å². The molecule has 1 rings (SSSR count). The van der Waals surface area contributed by atoms with Gasteiger partial charge in [0.15, 0.2) is 0 Å². The first-order chi connectivity index (χ1) is 10.1. The van der Waals surface area contributed by atoms with Crippen molar-refractivity contribution in [2.45, 2.75) is 18.8 Å². The lowest BCUT2D eigenvalue weighted by Crippen LogP contribution is -2.66. The first-order valence-electron chi connectivity index (χ1n) is 7.81. The quantitative estimate of drug-likeness (QED) is 0.273. The van der Waals surface area contributed by atoms with Crippen LogP contribution in [0.25, 0.3) is 0 Å². The zero-order chi connectivity index (χ0) is 16.0. The summed E-state index contributed by atoms with van der Waals surface area (Å²) in [6.45, 7) is 8.77. The number of nitrogens with two attached hydrogens (primary N) is 2. The average Bonchev–Trinajstić information content (AvgIpc) is 2.47. The first kappa shape index (κ1) is 20.7. The molecule has 1 saturated heterocycles. The second kappa shape index (κ2) is 13.4. The third-order valence-electron chi connectivity index (χ3n) is 3.14. The Hall–Kier alpha value is -0.320. The zero-order valence-electron chi connectivity index (χ0n) is 13.9. The maximum Gasteiger partial charge on any atom is 0.0918 e. The lowest BCUT2D eigenvalue weighted by molar-refractivity contribution is 0.301. The molecule has 2 atom stereocenters. The van der Waals surface area contributed by atoms with Crippen molar-refractivity contribution in [1.29, 1.82) is 0 Å². The summed E-state index contributed by atoms with van der Waals surface area (Å²) in [6, 6.07) is 0. The van der Waals surface area contributed by atoms with Crippen LogP contribution >= 0.6 is 0 Å². The molecule has 1 fully saturated rings. The van der Waals surface area contributed by atoms with Crippen LogP contribution in [0.2, 0.25) is 0 Å². The second-order valence-corrected chi connectivity index (χ2v) is 5.26.